The first-order chi connectivity index (χ1) is 13.3. The maximum Gasteiger partial charge on any atom is 0.263 e. The molecule has 2 aromatic rings. The smallest absolute Gasteiger partial charge is 0.263 e. The number of carbonyl (C=O) groups is 1. The van der Waals surface area contributed by atoms with Crippen molar-refractivity contribution in [2.45, 2.75) is 13.0 Å². The van der Waals surface area contributed by atoms with E-state index < -0.39 is 22.0 Å². The third-order valence-electron chi connectivity index (χ3n) is 3.71. The van der Waals surface area contributed by atoms with Crippen LogP contribution in [0.25, 0.3) is 0 Å². The van der Waals surface area contributed by atoms with Gasteiger partial charge in [-0.05, 0) is 36.8 Å². The number of sulfonamides is 1. The number of anilines is 1. The number of benzene rings is 2. The van der Waals surface area contributed by atoms with Crippen molar-refractivity contribution >= 4 is 27.8 Å². The Hall–Kier alpha value is -3.13. The first-order valence-electron chi connectivity index (χ1n) is 8.54. The number of ether oxygens (including phenoxy) is 1. The van der Waals surface area contributed by atoms with Gasteiger partial charge in [-0.1, -0.05) is 43.0 Å². The van der Waals surface area contributed by atoms with Gasteiger partial charge in [0.2, 0.25) is 10.0 Å². The Balaban J connectivity index is 2.08. The Kier molecular flexibility index (Phi) is 7.34. The van der Waals surface area contributed by atoms with Gasteiger partial charge >= 0.3 is 0 Å². The molecule has 7 nitrogen and oxygen atoms in total. The number of para-hydroxylation sites is 1. The van der Waals surface area contributed by atoms with E-state index in [1.54, 1.807) is 60.7 Å². The second kappa shape index (κ2) is 9.70. The lowest BCUT2D eigenvalue weighted by Crippen LogP contribution is -2.46. The van der Waals surface area contributed by atoms with E-state index in [1.165, 1.54) is 13.1 Å². The summed E-state index contributed by atoms with van der Waals surface area (Å²) in [6.07, 6.45) is 4.16. The van der Waals surface area contributed by atoms with Crippen molar-refractivity contribution in [3.05, 3.63) is 72.8 Å². The van der Waals surface area contributed by atoms with Crippen molar-refractivity contribution in [1.29, 1.82) is 0 Å². The lowest BCUT2D eigenvalue weighted by Gasteiger charge is -2.27. The van der Waals surface area contributed by atoms with Crippen molar-refractivity contribution in [2.75, 3.05) is 17.2 Å². The van der Waals surface area contributed by atoms with E-state index in [4.69, 9.17) is 4.74 Å². The molecule has 0 aliphatic carbocycles. The molecular weight excluding hydrogens is 378 g/mol. The Morgan fingerprint density at radius 2 is 1.96 bits per heavy atom. The molecule has 28 heavy (non-hydrogen) atoms. The summed E-state index contributed by atoms with van der Waals surface area (Å²) >= 11 is 0. The SMILES string of the molecule is C=CCOc1cccc(C=NNC(=O)C(C)N(c2ccccc2)S(C)(=O)=O)c1. The molecule has 1 amide bonds. The van der Waals surface area contributed by atoms with Gasteiger partial charge in [0.1, 0.15) is 18.4 Å². The number of nitrogens with one attached hydrogen (secondary N) is 1. The zero-order valence-electron chi connectivity index (χ0n) is 15.8. The molecule has 0 aliphatic heterocycles. The number of hydrazone groups is 1. The Bertz CT molecular complexity index is 943. The van der Waals surface area contributed by atoms with Crippen LogP contribution in [0.3, 0.4) is 0 Å². The van der Waals surface area contributed by atoms with Crippen LogP contribution in [0.4, 0.5) is 5.69 Å². The number of rotatable bonds is 9. The standard InChI is InChI=1S/C20H23N3O4S/c1-4-13-27-19-12-8-9-17(14-19)15-21-22-20(24)16(2)23(28(3,25)26)18-10-6-5-7-11-18/h4-12,14-16H,1,13H2,2-3H3,(H,22,24). The van der Waals surface area contributed by atoms with Crippen LogP contribution in [-0.4, -0.2) is 39.4 Å². The van der Waals surface area contributed by atoms with Gasteiger partial charge in [-0.3, -0.25) is 9.10 Å². The third-order valence-corrected chi connectivity index (χ3v) is 4.96. The van der Waals surface area contributed by atoms with E-state index in [0.717, 1.165) is 16.1 Å². The monoisotopic (exact) mass is 401 g/mol. The van der Waals surface area contributed by atoms with E-state index in [2.05, 4.69) is 17.1 Å². The molecule has 2 aromatic carbocycles. The fraction of sp³-hybridized carbons (Fsp3) is 0.200. The molecule has 0 aromatic heterocycles. The normalized spacial score (nSPS) is 12.4. The van der Waals surface area contributed by atoms with Crippen LogP contribution in [0, 0.1) is 0 Å². The van der Waals surface area contributed by atoms with E-state index in [9.17, 15) is 13.2 Å². The Morgan fingerprint density at radius 3 is 2.61 bits per heavy atom. The highest BCUT2D eigenvalue weighted by Gasteiger charge is 2.28. The molecule has 0 aliphatic rings. The van der Waals surface area contributed by atoms with Crippen LogP contribution >= 0.6 is 0 Å². The summed E-state index contributed by atoms with van der Waals surface area (Å²) in [7, 11) is -3.66. The van der Waals surface area contributed by atoms with Crippen LogP contribution in [0.1, 0.15) is 12.5 Å². The van der Waals surface area contributed by atoms with Crippen LogP contribution < -0.4 is 14.5 Å². The topological polar surface area (TPSA) is 88.1 Å². The number of nitrogens with zero attached hydrogens (tertiary/aromatic N) is 2. The minimum atomic E-state index is -3.66. The molecule has 0 radical (unpaired) electrons. The Morgan fingerprint density at radius 1 is 1.25 bits per heavy atom. The molecule has 2 rings (SSSR count). The molecule has 0 heterocycles. The molecule has 0 bridgehead atoms. The van der Waals surface area contributed by atoms with E-state index in [-0.39, 0.29) is 0 Å². The van der Waals surface area contributed by atoms with Gasteiger partial charge in [-0.25, -0.2) is 13.8 Å². The summed E-state index contributed by atoms with van der Waals surface area (Å²) in [6, 6.07) is 14.6. The van der Waals surface area contributed by atoms with Crippen LogP contribution in [0.15, 0.2) is 72.4 Å². The maximum absolute atomic E-state index is 12.4. The Labute approximate surface area is 165 Å². The van der Waals surface area contributed by atoms with Gasteiger partial charge in [0, 0.05) is 0 Å². The number of hydrogen-bond donors (Lipinski definition) is 1. The molecule has 0 saturated carbocycles. The summed E-state index contributed by atoms with van der Waals surface area (Å²) < 4.78 is 30.9. The molecule has 0 fully saturated rings. The molecular formula is C20H23N3O4S. The number of hydrogen-bond acceptors (Lipinski definition) is 5. The molecule has 148 valence electrons. The highest BCUT2D eigenvalue weighted by molar-refractivity contribution is 7.92. The zero-order valence-corrected chi connectivity index (χ0v) is 16.6. The molecule has 1 atom stereocenters. The lowest BCUT2D eigenvalue weighted by atomic mass is 10.2. The minimum absolute atomic E-state index is 0.385. The second-order valence-electron chi connectivity index (χ2n) is 5.98. The third kappa shape index (κ3) is 5.95. The molecule has 1 unspecified atom stereocenters. The predicted octanol–water partition coefficient (Wildman–Crippen LogP) is 2.56. The predicted molar refractivity (Wildman–Crippen MR) is 111 cm³/mol. The average molecular weight is 401 g/mol. The van der Waals surface area contributed by atoms with Gasteiger partial charge in [0.15, 0.2) is 0 Å². The summed E-state index contributed by atoms with van der Waals surface area (Å²) in [4.78, 5) is 12.4. The van der Waals surface area contributed by atoms with Gasteiger partial charge in [0.25, 0.3) is 5.91 Å². The van der Waals surface area contributed by atoms with Gasteiger partial charge in [0.05, 0.1) is 18.2 Å². The summed E-state index contributed by atoms with van der Waals surface area (Å²) in [5.41, 5.74) is 3.51. The highest BCUT2D eigenvalue weighted by atomic mass is 32.2. The summed E-state index contributed by atoms with van der Waals surface area (Å²) in [6.45, 7) is 5.48. The van der Waals surface area contributed by atoms with Crippen LogP contribution in [0.2, 0.25) is 0 Å². The van der Waals surface area contributed by atoms with E-state index >= 15 is 0 Å². The second-order valence-corrected chi connectivity index (χ2v) is 7.84. The highest BCUT2D eigenvalue weighted by Crippen LogP contribution is 2.20. The average Bonchev–Trinajstić information content (AvgIpc) is 2.66. The fourth-order valence-corrected chi connectivity index (χ4v) is 3.66. The first-order valence-corrected chi connectivity index (χ1v) is 10.4. The molecule has 8 heteroatoms. The van der Waals surface area contributed by atoms with Crippen molar-refractivity contribution < 1.29 is 17.9 Å². The van der Waals surface area contributed by atoms with Crippen molar-refractivity contribution in [2.24, 2.45) is 5.10 Å². The summed E-state index contributed by atoms with van der Waals surface area (Å²) in [5.74, 6) is 0.0977. The fourth-order valence-electron chi connectivity index (χ4n) is 2.49. The van der Waals surface area contributed by atoms with Gasteiger partial charge < -0.3 is 4.74 Å². The molecule has 0 saturated heterocycles. The zero-order chi connectivity index (χ0) is 20.6. The summed E-state index contributed by atoms with van der Waals surface area (Å²) in [5, 5.41) is 3.92. The van der Waals surface area contributed by atoms with Crippen molar-refractivity contribution in [3.8, 4) is 5.75 Å². The van der Waals surface area contributed by atoms with Crippen molar-refractivity contribution in [3.63, 3.8) is 0 Å². The largest absolute Gasteiger partial charge is 0.490 e. The van der Waals surface area contributed by atoms with Gasteiger partial charge in [-0.2, -0.15) is 5.10 Å². The maximum atomic E-state index is 12.4. The van der Waals surface area contributed by atoms with E-state index in [0.29, 0.717) is 18.0 Å². The van der Waals surface area contributed by atoms with Crippen molar-refractivity contribution in [1.82, 2.24) is 5.43 Å². The quantitative estimate of drug-likeness (QED) is 0.397. The van der Waals surface area contributed by atoms with Crippen LogP contribution in [0.5, 0.6) is 5.75 Å². The molecule has 1 N–H and O–H groups in total. The number of carbonyl (C=O) groups excluding carboxylic acids is 1. The van der Waals surface area contributed by atoms with E-state index in [1.807, 2.05) is 0 Å². The first kappa shape index (κ1) is 21.2. The molecule has 0 spiro atoms. The number of amides is 1. The minimum Gasteiger partial charge on any atom is -0.490 e. The van der Waals surface area contributed by atoms with Crippen LogP contribution in [-0.2, 0) is 14.8 Å². The van der Waals surface area contributed by atoms with Gasteiger partial charge in [-0.15, -0.1) is 0 Å². The lowest BCUT2D eigenvalue weighted by molar-refractivity contribution is -0.121.